The summed E-state index contributed by atoms with van der Waals surface area (Å²) in [5, 5.41) is 10.3. The molecule has 2 aromatic carbocycles. The van der Waals surface area contributed by atoms with Gasteiger partial charge in [0, 0.05) is 5.75 Å². The van der Waals surface area contributed by atoms with Crippen LogP contribution in [0.25, 0.3) is 12.2 Å². The van der Waals surface area contributed by atoms with Gasteiger partial charge in [-0.2, -0.15) is 12.1 Å². The quantitative estimate of drug-likeness (QED) is 0.230. The minimum Gasteiger partial charge on any atom is -0.565 e. The smallest absolute Gasteiger partial charge is 0.565 e. The number of benzene rings is 2. The molecular formula is C25H30OU. The van der Waals surface area contributed by atoms with E-state index in [-0.39, 0.29) is 31.1 Å². The van der Waals surface area contributed by atoms with Gasteiger partial charge in [0.15, 0.2) is 0 Å². The molecule has 140 valence electrons. The molecule has 1 unspecified atom stereocenters. The average Bonchev–Trinajstić information content (AvgIpc) is 2.70. The molecule has 1 aliphatic carbocycles. The van der Waals surface area contributed by atoms with Gasteiger partial charge in [-0.3, -0.25) is 6.58 Å². The number of rotatable bonds is 3. The molecule has 0 aliphatic heterocycles. The number of phenols is 1. The van der Waals surface area contributed by atoms with E-state index in [0.29, 0.717) is 11.7 Å². The molecule has 0 saturated carbocycles. The van der Waals surface area contributed by atoms with Crippen LogP contribution in [0, 0.1) is 43.8 Å². The van der Waals surface area contributed by atoms with Crippen LogP contribution in [0.1, 0.15) is 62.6 Å². The molecule has 0 radical (unpaired) electrons. The zero-order valence-corrected chi connectivity index (χ0v) is 20.9. The largest absolute Gasteiger partial charge is 2.00 e. The minimum atomic E-state index is 0. The third kappa shape index (κ3) is 8.38. The summed E-state index contributed by atoms with van der Waals surface area (Å²) in [5.74, 6) is 0.659. The van der Waals surface area contributed by atoms with Crippen molar-refractivity contribution in [2.24, 2.45) is 0 Å². The summed E-state index contributed by atoms with van der Waals surface area (Å²) in [6, 6.07) is 17.2. The Hall–Kier alpha value is -1.49. The van der Waals surface area contributed by atoms with Crippen LogP contribution in [-0.4, -0.2) is 5.11 Å². The fraction of sp³-hybridized carbons (Fsp3) is 0.280. The van der Waals surface area contributed by atoms with Crippen molar-refractivity contribution in [2.75, 3.05) is 0 Å². The third-order valence-corrected chi connectivity index (χ3v) is 4.18. The Kier molecular flexibility index (Phi) is 13.8. The molecule has 1 aliphatic rings. The van der Waals surface area contributed by atoms with Crippen LogP contribution in [0.2, 0.25) is 0 Å². The monoisotopic (exact) mass is 584 g/mol. The Morgan fingerprint density at radius 2 is 1.74 bits per heavy atom. The summed E-state index contributed by atoms with van der Waals surface area (Å²) >= 11 is 0. The molecular weight excluding hydrogens is 554 g/mol. The van der Waals surface area contributed by atoms with E-state index in [1.807, 2.05) is 56.3 Å². The number of phenolic OH excluding ortho intramolecular Hbond substituents is 1. The van der Waals surface area contributed by atoms with Crippen LogP contribution in [0.4, 0.5) is 0 Å². The van der Waals surface area contributed by atoms with Crippen molar-refractivity contribution >= 4 is 12.2 Å². The van der Waals surface area contributed by atoms with E-state index < -0.39 is 0 Å². The predicted octanol–water partition coefficient (Wildman–Crippen LogP) is 7.21. The molecule has 27 heavy (non-hydrogen) atoms. The summed E-state index contributed by atoms with van der Waals surface area (Å²) in [4.78, 5) is 0. The van der Waals surface area contributed by atoms with Crippen LogP contribution >= 0.6 is 0 Å². The summed E-state index contributed by atoms with van der Waals surface area (Å²) in [5.41, 5.74) is 4.46. The number of allylic oxidation sites excluding steroid dienone is 2. The van der Waals surface area contributed by atoms with Crippen LogP contribution in [-0.2, 0) is 0 Å². The van der Waals surface area contributed by atoms with E-state index in [1.165, 1.54) is 18.4 Å². The summed E-state index contributed by atoms with van der Waals surface area (Å²) < 4.78 is 0. The zero-order valence-electron chi connectivity index (χ0n) is 16.7. The Morgan fingerprint density at radius 1 is 1.11 bits per heavy atom. The van der Waals surface area contributed by atoms with E-state index >= 15 is 0 Å². The molecule has 2 aromatic rings. The van der Waals surface area contributed by atoms with Gasteiger partial charge in [-0.05, 0) is 37.7 Å². The van der Waals surface area contributed by atoms with Gasteiger partial charge in [-0.15, -0.1) is 23.3 Å². The maximum absolute atomic E-state index is 10.3. The molecule has 1 N–H and O–H groups in total. The normalized spacial score (nSPS) is 15.4. The molecule has 1 nitrogen and oxygen atoms in total. The fourth-order valence-corrected chi connectivity index (χ4v) is 3.00. The minimum absolute atomic E-state index is 0. The van der Waals surface area contributed by atoms with Gasteiger partial charge in [0.1, 0.15) is 0 Å². The van der Waals surface area contributed by atoms with Crippen molar-refractivity contribution in [3.8, 4) is 5.75 Å². The average molecular weight is 585 g/mol. The summed E-state index contributed by atoms with van der Waals surface area (Å²) in [6.45, 7) is 13.2. The predicted molar refractivity (Wildman–Crippen MR) is 114 cm³/mol. The first-order valence-electron chi connectivity index (χ1n) is 9.28. The van der Waals surface area contributed by atoms with Crippen LogP contribution in [0.15, 0.2) is 60.7 Å². The molecule has 3 rings (SSSR count). The Labute approximate surface area is 189 Å². The first-order chi connectivity index (χ1) is 12.7. The number of aromatic hydroxyl groups is 1. The number of hydrogen-bond acceptors (Lipinski definition) is 1. The second kappa shape index (κ2) is 14.6. The standard InChI is InChI=1S/C21H21O.C2H6.C2H3.U/c1-16-6-5-9-19(14-16)20-13-12-18(15-21(20)22)11-10-17-7-3-2-4-8-17;2*1-2;/h2-4,7-8,10-12,14-15,19,22H,5-6,9H2,1H3;1-2H3;1H,2H2;/q-1;;-1;+2/b11-10+;;;. The summed E-state index contributed by atoms with van der Waals surface area (Å²) in [7, 11) is 0. The van der Waals surface area contributed by atoms with E-state index in [0.717, 1.165) is 23.1 Å². The van der Waals surface area contributed by atoms with Gasteiger partial charge in [0.05, 0.1) is 0 Å². The van der Waals surface area contributed by atoms with Gasteiger partial charge >= 0.3 is 31.1 Å². The van der Waals surface area contributed by atoms with Gasteiger partial charge < -0.3 is 11.7 Å². The molecule has 0 amide bonds. The third-order valence-electron chi connectivity index (χ3n) is 4.18. The Bertz CT molecular complexity index is 716. The van der Waals surface area contributed by atoms with Crippen LogP contribution in [0.3, 0.4) is 0 Å². The van der Waals surface area contributed by atoms with Crippen molar-refractivity contribution < 1.29 is 36.2 Å². The molecule has 0 saturated heterocycles. The van der Waals surface area contributed by atoms with Gasteiger partial charge in [-0.25, -0.2) is 0 Å². The molecule has 0 bridgehead atoms. The van der Waals surface area contributed by atoms with E-state index in [1.54, 1.807) is 0 Å². The van der Waals surface area contributed by atoms with Crippen molar-refractivity contribution in [3.63, 3.8) is 0 Å². The van der Waals surface area contributed by atoms with Gasteiger partial charge in [0.25, 0.3) is 0 Å². The van der Waals surface area contributed by atoms with Crippen molar-refractivity contribution in [2.45, 2.75) is 46.0 Å². The molecule has 0 spiro atoms. The van der Waals surface area contributed by atoms with E-state index in [2.05, 4.69) is 44.4 Å². The first-order valence-corrected chi connectivity index (χ1v) is 9.28. The summed E-state index contributed by atoms with van der Waals surface area (Å²) in [6.07, 6.45) is 9.80. The van der Waals surface area contributed by atoms with Crippen molar-refractivity contribution in [1.82, 2.24) is 0 Å². The van der Waals surface area contributed by atoms with Crippen LogP contribution < -0.4 is 0 Å². The zero-order chi connectivity index (χ0) is 19.4. The van der Waals surface area contributed by atoms with Crippen LogP contribution in [0.5, 0.6) is 5.75 Å². The van der Waals surface area contributed by atoms with E-state index in [4.69, 9.17) is 0 Å². The molecule has 0 heterocycles. The maximum Gasteiger partial charge on any atom is 2.00 e. The Morgan fingerprint density at radius 3 is 2.33 bits per heavy atom. The molecule has 0 fully saturated rings. The maximum atomic E-state index is 10.3. The van der Waals surface area contributed by atoms with Crippen molar-refractivity contribution in [3.05, 3.63) is 90.0 Å². The number of hydrogen-bond donors (Lipinski definition) is 1. The fourth-order valence-electron chi connectivity index (χ4n) is 3.00. The second-order valence-electron chi connectivity index (χ2n) is 5.99. The molecule has 1 atom stereocenters. The SMILES string of the molecule is CC.CC1=CC(c2[c-]cc(/C=C/c3ccccc3)cc2O)CCC1.[CH-]=C.[U+2]. The second-order valence-corrected chi connectivity index (χ2v) is 5.99. The Balaban J connectivity index is 0.00000127. The van der Waals surface area contributed by atoms with Gasteiger partial charge in [-0.1, -0.05) is 61.9 Å². The molecule has 0 aromatic heterocycles. The topological polar surface area (TPSA) is 20.2 Å². The first kappa shape index (κ1) is 25.5. The van der Waals surface area contributed by atoms with Gasteiger partial charge in [0.2, 0.25) is 0 Å². The molecule has 2 heteroatoms. The van der Waals surface area contributed by atoms with Crippen molar-refractivity contribution in [1.29, 1.82) is 0 Å². The van der Waals surface area contributed by atoms with E-state index in [9.17, 15) is 5.11 Å².